The van der Waals surface area contributed by atoms with Crippen LogP contribution in [0.4, 0.5) is 0 Å². The van der Waals surface area contributed by atoms with E-state index >= 15 is 0 Å². The van der Waals surface area contributed by atoms with E-state index in [4.69, 9.17) is 0 Å². The first-order valence-corrected chi connectivity index (χ1v) is 3.67. The van der Waals surface area contributed by atoms with Gasteiger partial charge in [-0.05, 0) is 11.8 Å². The van der Waals surface area contributed by atoms with Crippen LogP contribution in [0.5, 0.6) is 0 Å². The van der Waals surface area contributed by atoms with Crippen LogP contribution >= 0.6 is 11.8 Å². The van der Waals surface area contributed by atoms with Crippen LogP contribution in [0.15, 0.2) is 22.4 Å². The van der Waals surface area contributed by atoms with Gasteiger partial charge in [0.2, 0.25) is 0 Å². The van der Waals surface area contributed by atoms with Crippen molar-refractivity contribution in [3.8, 4) is 0 Å². The van der Waals surface area contributed by atoms with Crippen LogP contribution in [0, 0.1) is 0 Å². The van der Waals surface area contributed by atoms with Crippen LogP contribution < -0.4 is 0 Å². The summed E-state index contributed by atoms with van der Waals surface area (Å²) in [6.07, 6.45) is 3.39. The third kappa shape index (κ3) is 2.31. The number of hydrogen-bond acceptors (Lipinski definition) is 5. The van der Waals surface area contributed by atoms with Crippen LogP contribution in [-0.4, -0.2) is 60.4 Å². The monoisotopic (exact) mass is 192 g/mol. The zero-order valence-electron chi connectivity index (χ0n) is 5.35. The van der Waals surface area contributed by atoms with E-state index in [1.165, 1.54) is 11.8 Å². The van der Waals surface area contributed by atoms with Crippen LogP contribution in [0.25, 0.3) is 0 Å². The first-order valence-electron chi connectivity index (χ1n) is 2.86. The Morgan fingerprint density at radius 3 is 1.83 bits per heavy atom. The van der Waals surface area contributed by atoms with Crippen LogP contribution in [-0.2, 0) is 0 Å². The second-order valence-corrected chi connectivity index (χ2v) is 2.77. The Balaban J connectivity index is 0.000000720. The molecule has 2 rings (SSSR count). The van der Waals surface area contributed by atoms with Crippen molar-refractivity contribution in [2.75, 3.05) is 0 Å². The van der Waals surface area contributed by atoms with E-state index in [9.17, 15) is 0 Å². The van der Waals surface area contributed by atoms with Crippen molar-refractivity contribution in [1.29, 1.82) is 0 Å². The minimum atomic E-state index is 0. The van der Waals surface area contributed by atoms with E-state index in [-0.39, 0.29) is 29.6 Å². The molecule has 0 fully saturated rings. The normalized spacial score (nSPS) is 9.33. The van der Waals surface area contributed by atoms with Gasteiger partial charge in [-0.3, -0.25) is 10.2 Å². The summed E-state index contributed by atoms with van der Waals surface area (Å²) in [7, 11) is 0. The maximum absolute atomic E-state index is 3.77. The fraction of sp³-hybridized carbons (Fsp3) is 0. The predicted molar refractivity (Wildman–Crippen MR) is 44.0 cm³/mol. The van der Waals surface area contributed by atoms with Crippen LogP contribution in [0.2, 0.25) is 0 Å². The fourth-order valence-corrected chi connectivity index (χ4v) is 1.19. The molecule has 0 aliphatic carbocycles. The molecule has 12 heavy (non-hydrogen) atoms. The molecule has 0 bridgehead atoms. The molecule has 0 amide bonds. The molecule has 2 N–H and O–H groups in total. The summed E-state index contributed by atoms with van der Waals surface area (Å²) in [5.41, 5.74) is 0. The Kier molecular flexibility index (Phi) is 3.73. The van der Waals surface area contributed by atoms with E-state index in [0.29, 0.717) is 0 Å². The maximum atomic E-state index is 3.77. The van der Waals surface area contributed by atoms with Gasteiger partial charge in [-0.15, -0.1) is 10.2 Å². The number of rotatable bonds is 2. The fourth-order valence-electron chi connectivity index (χ4n) is 0.589. The summed E-state index contributed by atoms with van der Waals surface area (Å²) in [5.74, 6) is 0. The number of aromatic nitrogens is 6. The molecule has 58 valence electrons. The molecule has 0 unspecified atom stereocenters. The van der Waals surface area contributed by atoms with E-state index in [1.807, 2.05) is 0 Å². The van der Waals surface area contributed by atoms with Crippen molar-refractivity contribution in [3.63, 3.8) is 0 Å². The smallest absolute Gasteiger partial charge is 0.144 e. The van der Waals surface area contributed by atoms with Crippen molar-refractivity contribution in [1.82, 2.24) is 30.8 Å². The number of H-pyrrole nitrogens is 2. The van der Waals surface area contributed by atoms with Gasteiger partial charge in [-0.25, -0.2) is 0 Å². The van der Waals surface area contributed by atoms with E-state index in [0.717, 1.165) is 10.1 Å². The Bertz CT molecular complexity index is 272. The van der Waals surface area contributed by atoms with E-state index in [1.54, 1.807) is 12.4 Å². The molecule has 0 aliphatic heterocycles. The summed E-state index contributed by atoms with van der Waals surface area (Å²) < 4.78 is 0. The first kappa shape index (κ1) is 9.72. The van der Waals surface area contributed by atoms with E-state index < -0.39 is 0 Å². The minimum Gasteiger partial charge on any atom is -0.264 e. The molecule has 2 aromatic heterocycles. The first-order chi connectivity index (χ1) is 5.45. The molecule has 0 atom stereocenters. The molecule has 0 saturated heterocycles. The summed E-state index contributed by atoms with van der Waals surface area (Å²) in [5, 5.41) is 21.4. The topological polar surface area (TPSA) is 83.1 Å². The van der Waals surface area contributed by atoms with Gasteiger partial charge >= 0.3 is 29.6 Å². The second kappa shape index (κ2) is 4.61. The van der Waals surface area contributed by atoms with Gasteiger partial charge in [-0.1, -0.05) is 10.4 Å². The zero-order valence-corrected chi connectivity index (χ0v) is 6.17. The predicted octanol–water partition coefficient (Wildman–Crippen LogP) is -0.575. The Morgan fingerprint density at radius 1 is 1.00 bits per heavy atom. The summed E-state index contributed by atoms with van der Waals surface area (Å²) >= 11 is 1.39. The number of hydrogen-bond donors (Lipinski definition) is 2. The molecule has 2 aromatic rings. The molecular formula is C4H5N6NaS. The SMILES string of the molecule is [NaH].c1[nH]nnc1Sc1c[nH]nn1. The van der Waals surface area contributed by atoms with Gasteiger partial charge in [0, 0.05) is 0 Å². The largest absolute Gasteiger partial charge is 0.264 e. The molecule has 0 radical (unpaired) electrons. The number of nitrogens with zero attached hydrogens (tertiary/aromatic N) is 4. The average Bonchev–Trinajstić information content (AvgIpc) is 2.60. The van der Waals surface area contributed by atoms with Crippen molar-refractivity contribution in [3.05, 3.63) is 12.4 Å². The van der Waals surface area contributed by atoms with Gasteiger partial charge in [-0.2, -0.15) is 0 Å². The molecule has 0 aliphatic rings. The van der Waals surface area contributed by atoms with Gasteiger partial charge in [0.05, 0.1) is 12.4 Å². The molecular weight excluding hydrogens is 187 g/mol. The van der Waals surface area contributed by atoms with Gasteiger partial charge in [0.25, 0.3) is 0 Å². The third-order valence-corrected chi connectivity index (χ3v) is 1.82. The van der Waals surface area contributed by atoms with Crippen molar-refractivity contribution >= 4 is 41.3 Å². The molecule has 0 spiro atoms. The van der Waals surface area contributed by atoms with Crippen molar-refractivity contribution in [2.24, 2.45) is 0 Å². The number of aromatic amines is 2. The molecule has 2 heterocycles. The maximum Gasteiger partial charge on any atom is 0.144 e. The van der Waals surface area contributed by atoms with Gasteiger partial charge in [0.15, 0.2) is 0 Å². The molecule has 0 saturated carbocycles. The Hall–Kier alpha value is -0.370. The van der Waals surface area contributed by atoms with Gasteiger partial charge in [0.1, 0.15) is 10.1 Å². The van der Waals surface area contributed by atoms with Crippen LogP contribution in [0.3, 0.4) is 0 Å². The number of nitrogens with one attached hydrogen (secondary N) is 2. The summed E-state index contributed by atoms with van der Waals surface area (Å²) in [6, 6.07) is 0. The minimum absolute atomic E-state index is 0. The van der Waals surface area contributed by atoms with Crippen molar-refractivity contribution in [2.45, 2.75) is 10.1 Å². The van der Waals surface area contributed by atoms with Crippen molar-refractivity contribution < 1.29 is 0 Å². The average molecular weight is 192 g/mol. The summed E-state index contributed by atoms with van der Waals surface area (Å²) in [6.45, 7) is 0. The Morgan fingerprint density at radius 2 is 1.50 bits per heavy atom. The van der Waals surface area contributed by atoms with E-state index in [2.05, 4.69) is 30.8 Å². The Labute approximate surface area is 94.2 Å². The summed E-state index contributed by atoms with van der Waals surface area (Å²) in [4.78, 5) is 0. The molecule has 8 heteroatoms. The second-order valence-electron chi connectivity index (χ2n) is 1.73. The van der Waals surface area contributed by atoms with Gasteiger partial charge < -0.3 is 0 Å². The molecule has 0 aromatic carbocycles. The quantitative estimate of drug-likeness (QED) is 0.622. The zero-order chi connectivity index (χ0) is 7.52. The standard InChI is InChI=1S/C4H4N6S.Na.H/c1-3(7-9-5-1)11-4-2-6-10-8-4;;/h1-2H,(H,5,7,9)(H,6,8,10);;. The molecule has 6 nitrogen and oxygen atoms in total. The third-order valence-electron chi connectivity index (χ3n) is 0.998. The van der Waals surface area contributed by atoms with Crippen LogP contribution in [0.1, 0.15) is 0 Å².